The summed E-state index contributed by atoms with van der Waals surface area (Å²) >= 11 is 1.94. The van der Waals surface area contributed by atoms with Crippen LogP contribution in [0.2, 0.25) is 0 Å². The Morgan fingerprint density at radius 2 is 1.58 bits per heavy atom. The molecule has 0 atom stereocenters. The second-order valence-corrected chi connectivity index (χ2v) is 7.48. The molecule has 130 valence electrons. The largest absolute Gasteiger partial charge is 0.315 e. The van der Waals surface area contributed by atoms with Crippen molar-refractivity contribution in [3.8, 4) is 0 Å². The van der Waals surface area contributed by atoms with E-state index >= 15 is 0 Å². The number of rotatable bonds is 11. The summed E-state index contributed by atoms with van der Waals surface area (Å²) in [5, 5.41) is 3.59. The molecule has 0 heterocycles. The van der Waals surface area contributed by atoms with Crippen molar-refractivity contribution in [2.45, 2.75) is 37.8 Å². The van der Waals surface area contributed by atoms with Crippen LogP contribution in [-0.2, 0) is 6.54 Å². The lowest BCUT2D eigenvalue weighted by molar-refractivity contribution is 0.213. The van der Waals surface area contributed by atoms with Gasteiger partial charge in [-0.1, -0.05) is 48.5 Å². The number of nitrogens with one attached hydrogen (secondary N) is 1. The molecule has 0 bridgehead atoms. The van der Waals surface area contributed by atoms with Crippen LogP contribution < -0.4 is 5.32 Å². The molecule has 0 saturated carbocycles. The van der Waals surface area contributed by atoms with Crippen LogP contribution in [0.1, 0.15) is 25.8 Å². The van der Waals surface area contributed by atoms with Crippen LogP contribution in [0.5, 0.6) is 0 Å². The molecule has 0 fully saturated rings. The Balaban J connectivity index is 1.57. The van der Waals surface area contributed by atoms with E-state index in [1.54, 1.807) is 0 Å². The minimum Gasteiger partial charge on any atom is -0.315 e. The second kappa shape index (κ2) is 11.3. The third-order valence-electron chi connectivity index (χ3n) is 4.04. The molecule has 2 aromatic carbocycles. The quantitative estimate of drug-likeness (QED) is 0.472. The van der Waals surface area contributed by atoms with Gasteiger partial charge in [-0.25, -0.2) is 0 Å². The maximum absolute atomic E-state index is 3.59. The van der Waals surface area contributed by atoms with E-state index in [-0.39, 0.29) is 0 Å². The van der Waals surface area contributed by atoms with E-state index in [1.165, 1.54) is 22.6 Å². The first-order chi connectivity index (χ1) is 11.8. The molecule has 2 rings (SSSR count). The van der Waals surface area contributed by atoms with Gasteiger partial charge in [-0.05, 0) is 50.3 Å². The van der Waals surface area contributed by atoms with Crippen molar-refractivity contribution in [2.75, 3.05) is 25.4 Å². The lowest BCUT2D eigenvalue weighted by atomic mass is 10.2. The SMILES string of the molecule is CC(C)N(CCNCCCSc1ccccc1)Cc1ccccc1. The molecular formula is C21H30N2S. The van der Waals surface area contributed by atoms with Crippen LogP contribution in [0.25, 0.3) is 0 Å². The van der Waals surface area contributed by atoms with Crippen molar-refractivity contribution in [2.24, 2.45) is 0 Å². The van der Waals surface area contributed by atoms with E-state index < -0.39 is 0 Å². The van der Waals surface area contributed by atoms with Crippen molar-refractivity contribution in [1.29, 1.82) is 0 Å². The predicted molar refractivity (Wildman–Crippen MR) is 107 cm³/mol. The third kappa shape index (κ3) is 7.52. The molecule has 0 aromatic heterocycles. The lowest BCUT2D eigenvalue weighted by Gasteiger charge is -2.26. The normalized spacial score (nSPS) is 11.3. The van der Waals surface area contributed by atoms with E-state index in [1.807, 2.05) is 11.8 Å². The van der Waals surface area contributed by atoms with Crippen LogP contribution in [0, 0.1) is 0 Å². The maximum Gasteiger partial charge on any atom is 0.0236 e. The van der Waals surface area contributed by atoms with Gasteiger partial charge in [0.25, 0.3) is 0 Å². The molecule has 24 heavy (non-hydrogen) atoms. The number of nitrogens with zero attached hydrogens (tertiary/aromatic N) is 1. The minimum absolute atomic E-state index is 0.570. The standard InChI is InChI=1S/C21H30N2S/c1-19(2)23(18-20-10-5-3-6-11-20)16-15-22-14-9-17-24-21-12-7-4-8-13-21/h3-8,10-13,19,22H,9,14-18H2,1-2H3. The van der Waals surface area contributed by atoms with E-state index in [2.05, 4.69) is 84.7 Å². The molecule has 2 nitrogen and oxygen atoms in total. The monoisotopic (exact) mass is 342 g/mol. The Labute approximate surface area is 151 Å². The van der Waals surface area contributed by atoms with Crippen LogP contribution in [0.15, 0.2) is 65.6 Å². The third-order valence-corrected chi connectivity index (χ3v) is 5.14. The summed E-state index contributed by atoms with van der Waals surface area (Å²) in [6.07, 6.45) is 1.21. The van der Waals surface area contributed by atoms with Gasteiger partial charge in [0.15, 0.2) is 0 Å². The van der Waals surface area contributed by atoms with Crippen LogP contribution >= 0.6 is 11.8 Å². The minimum atomic E-state index is 0.570. The molecule has 0 amide bonds. The van der Waals surface area contributed by atoms with E-state index in [0.717, 1.165) is 26.2 Å². The molecular weight excluding hydrogens is 312 g/mol. The van der Waals surface area contributed by atoms with Crippen LogP contribution in [0.4, 0.5) is 0 Å². The van der Waals surface area contributed by atoms with Gasteiger partial charge >= 0.3 is 0 Å². The number of hydrogen-bond acceptors (Lipinski definition) is 3. The van der Waals surface area contributed by atoms with E-state index in [4.69, 9.17) is 0 Å². The smallest absolute Gasteiger partial charge is 0.0236 e. The van der Waals surface area contributed by atoms with Crippen LogP contribution in [0.3, 0.4) is 0 Å². The molecule has 0 aliphatic rings. The summed E-state index contributed by atoms with van der Waals surface area (Å²) in [6, 6.07) is 22.0. The van der Waals surface area contributed by atoms with Crippen molar-refractivity contribution in [3.63, 3.8) is 0 Å². The molecule has 0 aliphatic heterocycles. The molecule has 3 heteroatoms. The number of thioether (sulfide) groups is 1. The van der Waals surface area contributed by atoms with Crippen molar-refractivity contribution in [3.05, 3.63) is 66.2 Å². The van der Waals surface area contributed by atoms with Gasteiger partial charge in [-0.15, -0.1) is 11.8 Å². The fourth-order valence-corrected chi connectivity index (χ4v) is 3.46. The zero-order valence-electron chi connectivity index (χ0n) is 14.9. The molecule has 0 aliphatic carbocycles. The van der Waals surface area contributed by atoms with Crippen molar-refractivity contribution in [1.82, 2.24) is 10.2 Å². The Morgan fingerprint density at radius 1 is 0.917 bits per heavy atom. The fraction of sp³-hybridized carbons (Fsp3) is 0.429. The molecule has 2 aromatic rings. The second-order valence-electron chi connectivity index (χ2n) is 6.31. The van der Waals surface area contributed by atoms with Gasteiger partial charge < -0.3 is 5.32 Å². The summed E-state index contributed by atoms with van der Waals surface area (Å²) < 4.78 is 0. The zero-order valence-corrected chi connectivity index (χ0v) is 15.8. The maximum atomic E-state index is 3.59. The average molecular weight is 343 g/mol. The molecule has 1 N–H and O–H groups in total. The molecule has 0 spiro atoms. The predicted octanol–water partition coefficient (Wildman–Crippen LogP) is 4.67. The number of hydrogen-bond donors (Lipinski definition) is 1. The van der Waals surface area contributed by atoms with Crippen molar-refractivity contribution >= 4 is 11.8 Å². The summed E-state index contributed by atoms with van der Waals surface area (Å²) in [7, 11) is 0. The summed E-state index contributed by atoms with van der Waals surface area (Å²) in [5.41, 5.74) is 1.39. The lowest BCUT2D eigenvalue weighted by Crippen LogP contribution is -2.36. The first-order valence-electron chi connectivity index (χ1n) is 8.92. The zero-order chi connectivity index (χ0) is 17.0. The fourth-order valence-electron chi connectivity index (χ4n) is 2.59. The highest BCUT2D eigenvalue weighted by Gasteiger charge is 2.09. The molecule has 0 radical (unpaired) electrons. The van der Waals surface area contributed by atoms with Crippen LogP contribution in [-0.4, -0.2) is 36.3 Å². The summed E-state index contributed by atoms with van der Waals surface area (Å²) in [6.45, 7) is 8.83. The topological polar surface area (TPSA) is 15.3 Å². The summed E-state index contributed by atoms with van der Waals surface area (Å²) in [4.78, 5) is 3.90. The Morgan fingerprint density at radius 3 is 2.25 bits per heavy atom. The van der Waals surface area contributed by atoms with Gasteiger partial charge in [0.2, 0.25) is 0 Å². The van der Waals surface area contributed by atoms with Gasteiger partial charge in [-0.2, -0.15) is 0 Å². The Hall–Kier alpha value is -1.29. The average Bonchev–Trinajstić information content (AvgIpc) is 2.61. The highest BCUT2D eigenvalue weighted by Crippen LogP contribution is 2.17. The summed E-state index contributed by atoms with van der Waals surface area (Å²) in [5.74, 6) is 1.18. The highest BCUT2D eigenvalue weighted by atomic mass is 32.2. The van der Waals surface area contributed by atoms with Gasteiger partial charge in [-0.3, -0.25) is 4.90 Å². The van der Waals surface area contributed by atoms with Gasteiger partial charge in [0, 0.05) is 30.6 Å². The Bertz CT molecular complexity index is 542. The first kappa shape index (κ1) is 19.0. The van der Waals surface area contributed by atoms with E-state index in [9.17, 15) is 0 Å². The van der Waals surface area contributed by atoms with E-state index in [0.29, 0.717) is 6.04 Å². The highest BCUT2D eigenvalue weighted by molar-refractivity contribution is 7.99. The number of benzene rings is 2. The van der Waals surface area contributed by atoms with Gasteiger partial charge in [0.05, 0.1) is 0 Å². The van der Waals surface area contributed by atoms with Crippen molar-refractivity contribution < 1.29 is 0 Å². The molecule has 0 unspecified atom stereocenters. The molecule has 0 saturated heterocycles. The Kier molecular flexibility index (Phi) is 8.96. The first-order valence-corrected chi connectivity index (χ1v) is 9.91. The van der Waals surface area contributed by atoms with Gasteiger partial charge in [0.1, 0.15) is 0 Å².